The van der Waals surface area contributed by atoms with E-state index in [1.54, 1.807) is 24.3 Å². The first-order valence-corrected chi connectivity index (χ1v) is 12.6. The number of likely N-dealkylation sites (tertiary alicyclic amines) is 1. The summed E-state index contributed by atoms with van der Waals surface area (Å²) >= 11 is 7.42. The SMILES string of the molecule is C[C@@H](c1nnc(SCc2nnc(-c3ccc(Cl)cc3)o2)n1-c1ccc(F)cc1)N1CCCCC1. The van der Waals surface area contributed by atoms with Gasteiger partial charge >= 0.3 is 0 Å². The number of hydrogen-bond acceptors (Lipinski definition) is 7. The molecule has 1 aliphatic rings. The van der Waals surface area contributed by atoms with Crippen LogP contribution >= 0.6 is 23.4 Å². The highest BCUT2D eigenvalue weighted by atomic mass is 35.5. The molecule has 0 saturated carbocycles. The highest BCUT2D eigenvalue weighted by Crippen LogP contribution is 2.31. The van der Waals surface area contributed by atoms with Crippen molar-refractivity contribution in [3.05, 3.63) is 71.1 Å². The molecule has 0 amide bonds. The predicted octanol–water partition coefficient (Wildman–Crippen LogP) is 5.95. The second-order valence-electron chi connectivity index (χ2n) is 8.22. The van der Waals surface area contributed by atoms with Gasteiger partial charge in [-0.15, -0.1) is 20.4 Å². The van der Waals surface area contributed by atoms with E-state index in [1.165, 1.54) is 43.2 Å². The van der Waals surface area contributed by atoms with Gasteiger partial charge in [0, 0.05) is 16.3 Å². The second-order valence-corrected chi connectivity index (χ2v) is 9.60. The fourth-order valence-electron chi connectivity index (χ4n) is 4.09. The number of halogens is 2. The number of thioether (sulfide) groups is 1. The third-order valence-electron chi connectivity index (χ3n) is 5.94. The predicted molar refractivity (Wildman–Crippen MR) is 129 cm³/mol. The van der Waals surface area contributed by atoms with Gasteiger partial charge in [-0.05, 0) is 81.4 Å². The third-order valence-corrected chi connectivity index (χ3v) is 7.10. The molecule has 0 bridgehead atoms. The lowest BCUT2D eigenvalue weighted by atomic mass is 10.1. The van der Waals surface area contributed by atoms with E-state index in [2.05, 4.69) is 32.2 Å². The van der Waals surface area contributed by atoms with Crippen molar-refractivity contribution in [3.8, 4) is 17.1 Å². The van der Waals surface area contributed by atoms with Crippen molar-refractivity contribution in [2.24, 2.45) is 0 Å². The molecule has 1 saturated heterocycles. The van der Waals surface area contributed by atoms with Gasteiger partial charge in [-0.3, -0.25) is 9.47 Å². The van der Waals surface area contributed by atoms with Crippen LogP contribution in [0.25, 0.3) is 17.1 Å². The van der Waals surface area contributed by atoms with Gasteiger partial charge in [0.2, 0.25) is 11.8 Å². The molecule has 4 aromatic rings. The first-order valence-electron chi connectivity index (χ1n) is 11.2. The normalized spacial score (nSPS) is 15.5. The number of piperidine rings is 1. The number of benzene rings is 2. The van der Waals surface area contributed by atoms with Crippen LogP contribution in [0.5, 0.6) is 0 Å². The van der Waals surface area contributed by atoms with Gasteiger partial charge in [0.05, 0.1) is 11.8 Å². The molecule has 1 atom stereocenters. The second kappa shape index (κ2) is 10.2. The van der Waals surface area contributed by atoms with Gasteiger partial charge in [0.15, 0.2) is 11.0 Å². The molecule has 34 heavy (non-hydrogen) atoms. The molecule has 10 heteroatoms. The fraction of sp³-hybridized carbons (Fsp3) is 0.333. The summed E-state index contributed by atoms with van der Waals surface area (Å²) < 4.78 is 21.5. The molecule has 5 rings (SSSR count). The lowest BCUT2D eigenvalue weighted by Gasteiger charge is -2.31. The van der Waals surface area contributed by atoms with Crippen LogP contribution < -0.4 is 0 Å². The standard InChI is InChI=1S/C24H24ClFN6OS/c1-16(31-13-3-2-4-14-31)22-28-30-24(32(22)20-11-9-19(26)10-12-20)34-15-21-27-29-23(33-21)17-5-7-18(25)8-6-17/h5-12,16H,2-4,13-15H2,1H3/t16-/m0/s1. The first-order chi connectivity index (χ1) is 16.6. The highest BCUT2D eigenvalue weighted by Gasteiger charge is 2.26. The highest BCUT2D eigenvalue weighted by molar-refractivity contribution is 7.98. The summed E-state index contributed by atoms with van der Waals surface area (Å²) in [5, 5.41) is 18.7. The van der Waals surface area contributed by atoms with E-state index >= 15 is 0 Å². The van der Waals surface area contributed by atoms with E-state index in [1.807, 2.05) is 16.7 Å². The summed E-state index contributed by atoms with van der Waals surface area (Å²) in [4.78, 5) is 2.43. The van der Waals surface area contributed by atoms with Crippen molar-refractivity contribution in [1.29, 1.82) is 0 Å². The molecule has 0 radical (unpaired) electrons. The van der Waals surface area contributed by atoms with Crippen molar-refractivity contribution in [3.63, 3.8) is 0 Å². The van der Waals surface area contributed by atoms with Crippen LogP contribution in [-0.4, -0.2) is 43.0 Å². The molecule has 0 spiro atoms. The van der Waals surface area contributed by atoms with E-state index in [0.717, 1.165) is 30.2 Å². The Kier molecular flexibility index (Phi) is 6.94. The Hall–Kier alpha value is -2.75. The zero-order valence-electron chi connectivity index (χ0n) is 18.7. The summed E-state index contributed by atoms with van der Waals surface area (Å²) in [6.07, 6.45) is 3.63. The molecule has 1 fully saturated rings. The molecular weight excluding hydrogens is 475 g/mol. The van der Waals surface area contributed by atoms with Crippen LogP contribution in [0.15, 0.2) is 58.1 Å². The summed E-state index contributed by atoms with van der Waals surface area (Å²) in [7, 11) is 0. The number of aromatic nitrogens is 5. The molecule has 176 valence electrons. The van der Waals surface area contributed by atoms with Crippen molar-refractivity contribution in [2.75, 3.05) is 13.1 Å². The Morgan fingerprint density at radius 3 is 2.44 bits per heavy atom. The van der Waals surface area contributed by atoms with Gasteiger partial charge in [-0.25, -0.2) is 4.39 Å². The average Bonchev–Trinajstić information content (AvgIpc) is 3.51. The summed E-state index contributed by atoms with van der Waals surface area (Å²) in [5.41, 5.74) is 1.63. The van der Waals surface area contributed by atoms with Crippen molar-refractivity contribution in [1.82, 2.24) is 29.9 Å². The summed E-state index contributed by atoms with van der Waals surface area (Å²) in [6.45, 7) is 4.23. The van der Waals surface area contributed by atoms with E-state index in [9.17, 15) is 4.39 Å². The van der Waals surface area contributed by atoms with Crippen LogP contribution in [0, 0.1) is 5.82 Å². The van der Waals surface area contributed by atoms with E-state index in [4.69, 9.17) is 16.0 Å². The summed E-state index contributed by atoms with van der Waals surface area (Å²) in [5.74, 6) is 1.90. The molecule has 2 aromatic carbocycles. The van der Waals surface area contributed by atoms with Gasteiger partial charge in [0.1, 0.15) is 5.82 Å². The molecule has 0 N–H and O–H groups in total. The Bertz CT molecular complexity index is 1240. The monoisotopic (exact) mass is 498 g/mol. The lowest BCUT2D eigenvalue weighted by Crippen LogP contribution is -2.33. The maximum atomic E-state index is 13.6. The molecule has 0 unspecified atom stereocenters. The average molecular weight is 499 g/mol. The van der Waals surface area contributed by atoms with E-state index in [-0.39, 0.29) is 11.9 Å². The van der Waals surface area contributed by atoms with Crippen molar-refractivity contribution >= 4 is 23.4 Å². The Morgan fingerprint density at radius 2 is 1.71 bits per heavy atom. The maximum absolute atomic E-state index is 13.6. The van der Waals surface area contributed by atoms with Crippen molar-refractivity contribution < 1.29 is 8.81 Å². The lowest BCUT2D eigenvalue weighted by molar-refractivity contribution is 0.167. The Balaban J connectivity index is 1.39. The smallest absolute Gasteiger partial charge is 0.247 e. The fourth-order valence-corrected chi connectivity index (χ4v) is 5.02. The first kappa shape index (κ1) is 23.0. The maximum Gasteiger partial charge on any atom is 0.247 e. The van der Waals surface area contributed by atoms with E-state index < -0.39 is 0 Å². The molecule has 2 aromatic heterocycles. The largest absolute Gasteiger partial charge is 0.420 e. The van der Waals surface area contributed by atoms with Crippen molar-refractivity contribution in [2.45, 2.75) is 43.1 Å². The topological polar surface area (TPSA) is 72.9 Å². The van der Waals surface area contributed by atoms with Crippen LogP contribution in [0.3, 0.4) is 0 Å². The molecular formula is C24H24ClFN6OS. The Labute approximate surface area is 206 Å². The number of rotatable bonds is 7. The quantitative estimate of drug-likeness (QED) is 0.291. The molecule has 1 aliphatic heterocycles. The summed E-state index contributed by atoms with van der Waals surface area (Å²) in [6, 6.07) is 13.7. The van der Waals surface area contributed by atoms with Crippen LogP contribution in [0.1, 0.15) is 43.9 Å². The minimum atomic E-state index is -0.280. The minimum absolute atomic E-state index is 0.0899. The zero-order chi connectivity index (χ0) is 23.5. The zero-order valence-corrected chi connectivity index (χ0v) is 20.3. The van der Waals surface area contributed by atoms with Crippen LogP contribution in [0.2, 0.25) is 5.02 Å². The van der Waals surface area contributed by atoms with E-state index in [0.29, 0.717) is 27.7 Å². The number of nitrogens with zero attached hydrogens (tertiary/aromatic N) is 6. The van der Waals surface area contributed by atoms with Gasteiger partial charge in [0.25, 0.3) is 0 Å². The molecule has 7 nitrogen and oxygen atoms in total. The Morgan fingerprint density at radius 1 is 0.971 bits per heavy atom. The molecule has 0 aliphatic carbocycles. The molecule has 3 heterocycles. The van der Waals surface area contributed by atoms with Gasteiger partial charge < -0.3 is 4.42 Å². The van der Waals surface area contributed by atoms with Crippen LogP contribution in [0.4, 0.5) is 4.39 Å². The number of hydrogen-bond donors (Lipinski definition) is 0. The van der Waals surface area contributed by atoms with Gasteiger partial charge in [-0.1, -0.05) is 29.8 Å². The minimum Gasteiger partial charge on any atom is -0.420 e. The third kappa shape index (κ3) is 5.01. The van der Waals surface area contributed by atoms with Gasteiger partial charge in [-0.2, -0.15) is 0 Å². The van der Waals surface area contributed by atoms with Crippen LogP contribution in [-0.2, 0) is 5.75 Å².